The second-order valence-electron chi connectivity index (χ2n) is 7.62. The van der Waals surface area contributed by atoms with Crippen molar-refractivity contribution in [3.8, 4) is 22.6 Å². The number of carbonyl (C=O) groups excluding carboxylic acids is 1. The third kappa shape index (κ3) is 5.90. The van der Waals surface area contributed by atoms with Crippen LogP contribution in [0.1, 0.15) is 21.5 Å². The van der Waals surface area contributed by atoms with Crippen LogP contribution in [0.4, 0.5) is 0 Å². The van der Waals surface area contributed by atoms with Gasteiger partial charge in [0, 0.05) is 27.7 Å². The highest BCUT2D eigenvalue weighted by molar-refractivity contribution is 6.35. The predicted octanol–water partition coefficient (Wildman–Crippen LogP) is 7.18. The maximum Gasteiger partial charge on any atom is 0.251 e. The zero-order valence-electron chi connectivity index (χ0n) is 18.6. The maximum atomic E-state index is 12.7. The Bertz CT molecular complexity index is 1270. The molecule has 0 saturated heterocycles. The molecule has 0 aliphatic rings. The summed E-state index contributed by atoms with van der Waals surface area (Å²) < 4.78 is 11.4. The summed E-state index contributed by atoms with van der Waals surface area (Å²) in [5, 5.41) is 3.95. The molecule has 4 rings (SSSR count). The van der Waals surface area contributed by atoms with E-state index in [0.29, 0.717) is 27.9 Å². The molecule has 0 aromatic heterocycles. The molecule has 0 atom stereocenters. The van der Waals surface area contributed by atoms with Crippen LogP contribution in [0.25, 0.3) is 11.1 Å². The minimum absolute atomic E-state index is 0.220. The van der Waals surface area contributed by atoms with Crippen molar-refractivity contribution in [3.63, 3.8) is 0 Å². The SMILES string of the molecule is COc1ccc(C(=O)NCc2ccc(Cl)cc2Cl)cc1COc1ccc(-c2ccccc2)cc1. The molecule has 1 N–H and O–H groups in total. The van der Waals surface area contributed by atoms with Gasteiger partial charge in [-0.05, 0) is 59.2 Å². The number of hydrogen-bond acceptors (Lipinski definition) is 3. The van der Waals surface area contributed by atoms with Gasteiger partial charge in [0.2, 0.25) is 0 Å². The molecule has 0 bridgehead atoms. The summed E-state index contributed by atoms with van der Waals surface area (Å²) in [6, 6.07) is 28.5. The van der Waals surface area contributed by atoms with Gasteiger partial charge in [-0.2, -0.15) is 0 Å². The zero-order chi connectivity index (χ0) is 23.9. The summed E-state index contributed by atoms with van der Waals surface area (Å²) in [5.41, 5.74) is 4.32. The van der Waals surface area contributed by atoms with Crippen molar-refractivity contribution >= 4 is 29.1 Å². The van der Waals surface area contributed by atoms with Gasteiger partial charge in [-0.15, -0.1) is 0 Å². The molecule has 0 fully saturated rings. The van der Waals surface area contributed by atoms with Gasteiger partial charge in [0.1, 0.15) is 18.1 Å². The second-order valence-corrected chi connectivity index (χ2v) is 8.47. The summed E-state index contributed by atoms with van der Waals surface area (Å²) in [6.07, 6.45) is 0. The lowest BCUT2D eigenvalue weighted by atomic mass is 10.1. The highest BCUT2D eigenvalue weighted by Crippen LogP contribution is 2.25. The van der Waals surface area contributed by atoms with Crippen molar-refractivity contribution in [2.45, 2.75) is 13.2 Å². The number of nitrogens with one attached hydrogen (secondary N) is 1. The summed E-state index contributed by atoms with van der Waals surface area (Å²) in [5.74, 6) is 1.16. The Morgan fingerprint density at radius 1 is 0.824 bits per heavy atom. The molecule has 0 aliphatic heterocycles. The Morgan fingerprint density at radius 3 is 2.26 bits per heavy atom. The first-order valence-electron chi connectivity index (χ1n) is 10.7. The molecular weight excluding hydrogens is 469 g/mol. The van der Waals surface area contributed by atoms with Gasteiger partial charge in [0.15, 0.2) is 0 Å². The van der Waals surface area contributed by atoms with Crippen LogP contribution in [-0.4, -0.2) is 13.0 Å². The van der Waals surface area contributed by atoms with Crippen LogP contribution in [0.15, 0.2) is 91.0 Å². The largest absolute Gasteiger partial charge is 0.496 e. The van der Waals surface area contributed by atoms with E-state index in [2.05, 4.69) is 17.4 Å². The van der Waals surface area contributed by atoms with Crippen molar-refractivity contribution in [3.05, 3.63) is 118 Å². The second kappa shape index (κ2) is 11.1. The Morgan fingerprint density at radius 2 is 1.56 bits per heavy atom. The molecule has 4 aromatic rings. The molecule has 4 nitrogen and oxygen atoms in total. The molecule has 0 radical (unpaired) electrons. The third-order valence-electron chi connectivity index (χ3n) is 5.35. The number of methoxy groups -OCH3 is 1. The molecule has 0 heterocycles. The van der Waals surface area contributed by atoms with Crippen molar-refractivity contribution in [2.24, 2.45) is 0 Å². The monoisotopic (exact) mass is 491 g/mol. The van der Waals surface area contributed by atoms with E-state index >= 15 is 0 Å². The Labute approximate surface area is 209 Å². The van der Waals surface area contributed by atoms with E-state index in [9.17, 15) is 4.79 Å². The third-order valence-corrected chi connectivity index (χ3v) is 5.94. The van der Waals surface area contributed by atoms with E-state index in [1.807, 2.05) is 42.5 Å². The molecule has 6 heteroatoms. The van der Waals surface area contributed by atoms with Crippen LogP contribution < -0.4 is 14.8 Å². The molecular formula is C28H23Cl2NO3. The lowest BCUT2D eigenvalue weighted by Gasteiger charge is -2.13. The van der Waals surface area contributed by atoms with Crippen LogP contribution in [0, 0.1) is 0 Å². The van der Waals surface area contributed by atoms with Gasteiger partial charge in [0.05, 0.1) is 7.11 Å². The molecule has 0 spiro atoms. The van der Waals surface area contributed by atoms with E-state index in [1.54, 1.807) is 43.5 Å². The van der Waals surface area contributed by atoms with Gasteiger partial charge >= 0.3 is 0 Å². The standard InChI is InChI=1S/C28H23Cl2NO3/c1-33-27-14-10-21(28(32)31-17-22-7-11-24(29)16-26(22)30)15-23(27)18-34-25-12-8-20(9-13-25)19-5-3-2-4-6-19/h2-16H,17-18H2,1H3,(H,31,32). The van der Waals surface area contributed by atoms with Crippen LogP contribution in [0.2, 0.25) is 10.0 Å². The van der Waals surface area contributed by atoms with Gasteiger partial charge in [-0.3, -0.25) is 4.79 Å². The lowest BCUT2D eigenvalue weighted by molar-refractivity contribution is 0.0950. The van der Waals surface area contributed by atoms with Crippen molar-refractivity contribution < 1.29 is 14.3 Å². The summed E-state index contributed by atoms with van der Waals surface area (Å²) >= 11 is 12.1. The Balaban J connectivity index is 1.42. The summed E-state index contributed by atoms with van der Waals surface area (Å²) in [4.78, 5) is 12.7. The fourth-order valence-corrected chi connectivity index (χ4v) is 3.99. The van der Waals surface area contributed by atoms with Crippen LogP contribution in [0.5, 0.6) is 11.5 Å². The summed E-state index contributed by atoms with van der Waals surface area (Å²) in [6.45, 7) is 0.554. The van der Waals surface area contributed by atoms with Gasteiger partial charge in [-0.25, -0.2) is 0 Å². The van der Waals surface area contributed by atoms with Gasteiger partial charge < -0.3 is 14.8 Å². The van der Waals surface area contributed by atoms with E-state index in [0.717, 1.165) is 28.0 Å². The van der Waals surface area contributed by atoms with E-state index in [-0.39, 0.29) is 12.5 Å². The number of halogens is 2. The first-order chi connectivity index (χ1) is 16.5. The molecule has 0 unspecified atom stereocenters. The van der Waals surface area contributed by atoms with E-state index < -0.39 is 0 Å². The summed E-state index contributed by atoms with van der Waals surface area (Å²) in [7, 11) is 1.59. The van der Waals surface area contributed by atoms with Gasteiger partial charge in [0.25, 0.3) is 5.91 Å². The number of ether oxygens (including phenoxy) is 2. The molecule has 34 heavy (non-hydrogen) atoms. The highest BCUT2D eigenvalue weighted by atomic mass is 35.5. The Kier molecular flexibility index (Phi) is 7.73. The topological polar surface area (TPSA) is 47.6 Å². The number of rotatable bonds is 8. The number of benzene rings is 4. The zero-order valence-corrected chi connectivity index (χ0v) is 20.1. The first-order valence-corrected chi connectivity index (χ1v) is 11.5. The number of hydrogen-bond donors (Lipinski definition) is 1. The average Bonchev–Trinajstić information content (AvgIpc) is 2.87. The van der Waals surface area contributed by atoms with Crippen molar-refractivity contribution in [1.29, 1.82) is 0 Å². The minimum atomic E-state index is -0.220. The molecule has 172 valence electrons. The predicted molar refractivity (Wildman–Crippen MR) is 137 cm³/mol. The van der Waals surface area contributed by atoms with E-state index in [1.165, 1.54) is 0 Å². The molecule has 1 amide bonds. The Hall–Kier alpha value is -3.47. The minimum Gasteiger partial charge on any atom is -0.496 e. The van der Waals surface area contributed by atoms with Gasteiger partial charge in [-0.1, -0.05) is 71.7 Å². The maximum absolute atomic E-state index is 12.7. The van der Waals surface area contributed by atoms with Crippen LogP contribution >= 0.6 is 23.2 Å². The fourth-order valence-electron chi connectivity index (χ4n) is 3.51. The number of amides is 1. The first kappa shape index (κ1) is 23.7. The smallest absolute Gasteiger partial charge is 0.251 e. The van der Waals surface area contributed by atoms with Crippen LogP contribution in [-0.2, 0) is 13.2 Å². The van der Waals surface area contributed by atoms with Crippen LogP contribution in [0.3, 0.4) is 0 Å². The highest BCUT2D eigenvalue weighted by Gasteiger charge is 2.12. The lowest BCUT2D eigenvalue weighted by Crippen LogP contribution is -2.23. The number of carbonyl (C=O) groups is 1. The fraction of sp³-hybridized carbons (Fsp3) is 0.107. The van der Waals surface area contributed by atoms with Crippen molar-refractivity contribution in [1.82, 2.24) is 5.32 Å². The normalized spacial score (nSPS) is 10.6. The molecule has 4 aromatic carbocycles. The van der Waals surface area contributed by atoms with Crippen molar-refractivity contribution in [2.75, 3.05) is 7.11 Å². The van der Waals surface area contributed by atoms with E-state index in [4.69, 9.17) is 32.7 Å². The average molecular weight is 492 g/mol. The molecule has 0 saturated carbocycles. The molecule has 0 aliphatic carbocycles. The quantitative estimate of drug-likeness (QED) is 0.284.